The zero-order valence-electron chi connectivity index (χ0n) is 7.32. The molecule has 2 nitrogen and oxygen atoms in total. The number of hydrogen-bond donors (Lipinski definition) is 0. The molecule has 0 bridgehead atoms. The fourth-order valence-corrected chi connectivity index (χ4v) is 1.17. The molecule has 0 spiro atoms. The van der Waals surface area contributed by atoms with Gasteiger partial charge in [0, 0.05) is 18.9 Å². The molecule has 0 saturated heterocycles. The first kappa shape index (κ1) is 11.1. The van der Waals surface area contributed by atoms with Gasteiger partial charge in [-0.2, -0.15) is 0 Å². The summed E-state index contributed by atoms with van der Waals surface area (Å²) >= 11 is 3.35. The molecule has 0 heterocycles. The summed E-state index contributed by atoms with van der Waals surface area (Å²) in [5.74, 6) is 0.217. The van der Waals surface area contributed by atoms with Gasteiger partial charge in [-0.05, 0) is 20.3 Å². The van der Waals surface area contributed by atoms with Crippen molar-refractivity contribution in [2.45, 2.75) is 32.3 Å². The van der Waals surface area contributed by atoms with Crippen molar-refractivity contribution in [1.29, 1.82) is 0 Å². The van der Waals surface area contributed by atoms with Crippen LogP contribution in [0, 0.1) is 0 Å². The van der Waals surface area contributed by atoms with Crippen molar-refractivity contribution in [2.24, 2.45) is 0 Å². The summed E-state index contributed by atoms with van der Waals surface area (Å²) in [6.45, 7) is 3.59. The maximum absolute atomic E-state index is 10.7. The van der Waals surface area contributed by atoms with Crippen LogP contribution in [0.25, 0.3) is 0 Å². The second kappa shape index (κ2) is 4.88. The van der Waals surface area contributed by atoms with Crippen LogP contribution in [0.2, 0.25) is 0 Å². The van der Waals surface area contributed by atoms with E-state index in [1.165, 1.54) is 0 Å². The first-order valence-corrected chi connectivity index (χ1v) is 4.77. The van der Waals surface area contributed by atoms with E-state index in [1.54, 1.807) is 14.0 Å². The number of halogens is 1. The van der Waals surface area contributed by atoms with E-state index in [0.717, 1.165) is 11.8 Å². The summed E-state index contributed by atoms with van der Waals surface area (Å²) in [7, 11) is 1.67. The van der Waals surface area contributed by atoms with E-state index in [0.29, 0.717) is 6.42 Å². The van der Waals surface area contributed by atoms with Crippen molar-refractivity contribution in [2.75, 3.05) is 12.4 Å². The Hall–Kier alpha value is 0.110. The number of rotatable bonds is 5. The van der Waals surface area contributed by atoms with E-state index in [-0.39, 0.29) is 11.4 Å². The number of Topliss-reactive ketones (excluding diaryl/α,β-unsaturated/α-hetero) is 1. The maximum Gasteiger partial charge on any atom is 0.129 e. The van der Waals surface area contributed by atoms with E-state index in [2.05, 4.69) is 15.9 Å². The highest BCUT2D eigenvalue weighted by Gasteiger charge is 2.21. The highest BCUT2D eigenvalue weighted by molar-refractivity contribution is 9.09. The van der Waals surface area contributed by atoms with Gasteiger partial charge in [0.1, 0.15) is 5.78 Å². The predicted octanol–water partition coefficient (Wildman–Crippen LogP) is 2.16. The van der Waals surface area contributed by atoms with Gasteiger partial charge >= 0.3 is 0 Å². The summed E-state index contributed by atoms with van der Waals surface area (Å²) < 4.78 is 5.24. The molecule has 0 aliphatic carbocycles. The average molecular weight is 223 g/mol. The minimum absolute atomic E-state index is 0.189. The van der Waals surface area contributed by atoms with Crippen molar-refractivity contribution in [3.8, 4) is 0 Å². The van der Waals surface area contributed by atoms with Crippen molar-refractivity contribution in [3.63, 3.8) is 0 Å². The Balaban J connectivity index is 3.78. The van der Waals surface area contributed by atoms with Crippen molar-refractivity contribution in [3.05, 3.63) is 0 Å². The molecule has 0 saturated carbocycles. The fraction of sp³-hybridized carbons (Fsp3) is 0.875. The molecule has 0 aliphatic heterocycles. The highest BCUT2D eigenvalue weighted by atomic mass is 79.9. The molecular weight excluding hydrogens is 208 g/mol. The zero-order valence-corrected chi connectivity index (χ0v) is 8.90. The van der Waals surface area contributed by atoms with Crippen LogP contribution in [0.5, 0.6) is 0 Å². The van der Waals surface area contributed by atoms with Gasteiger partial charge in [-0.15, -0.1) is 0 Å². The van der Waals surface area contributed by atoms with Crippen LogP contribution in [0.3, 0.4) is 0 Å². The van der Waals surface area contributed by atoms with Gasteiger partial charge in [0.2, 0.25) is 0 Å². The molecule has 1 atom stereocenters. The third-order valence-electron chi connectivity index (χ3n) is 1.78. The van der Waals surface area contributed by atoms with Gasteiger partial charge < -0.3 is 9.53 Å². The monoisotopic (exact) mass is 222 g/mol. The lowest BCUT2D eigenvalue weighted by Gasteiger charge is -2.24. The van der Waals surface area contributed by atoms with E-state index in [9.17, 15) is 4.79 Å². The van der Waals surface area contributed by atoms with Gasteiger partial charge in [0.05, 0.1) is 5.60 Å². The van der Waals surface area contributed by atoms with Crippen LogP contribution in [-0.4, -0.2) is 23.8 Å². The summed E-state index contributed by atoms with van der Waals surface area (Å²) in [6, 6.07) is 0. The van der Waals surface area contributed by atoms with Crippen molar-refractivity contribution in [1.82, 2.24) is 0 Å². The molecule has 0 aromatic carbocycles. The van der Waals surface area contributed by atoms with E-state index < -0.39 is 0 Å². The largest absolute Gasteiger partial charge is 0.378 e. The lowest BCUT2D eigenvalue weighted by molar-refractivity contribution is -0.118. The fourth-order valence-electron chi connectivity index (χ4n) is 0.664. The molecule has 0 rings (SSSR count). The summed E-state index contributed by atoms with van der Waals surface area (Å²) in [6.07, 6.45) is 1.38. The third-order valence-corrected chi connectivity index (χ3v) is 2.97. The van der Waals surface area contributed by atoms with Crippen molar-refractivity contribution < 1.29 is 9.53 Å². The number of alkyl halides is 1. The molecular formula is C8H15BrO2. The number of ether oxygens (including phenoxy) is 1. The van der Waals surface area contributed by atoms with Gasteiger partial charge in [0.15, 0.2) is 0 Å². The van der Waals surface area contributed by atoms with Crippen LogP contribution in [-0.2, 0) is 9.53 Å². The Morgan fingerprint density at radius 3 is 2.45 bits per heavy atom. The highest BCUT2D eigenvalue weighted by Crippen LogP contribution is 2.19. The predicted molar refractivity (Wildman–Crippen MR) is 49.1 cm³/mol. The summed E-state index contributed by atoms with van der Waals surface area (Å²) in [5, 5.41) is 0.768. The standard InChI is InChI=1S/C8H15BrO2/c1-7(10)4-5-8(2,6-9)11-3/h4-6H2,1-3H3. The lowest BCUT2D eigenvalue weighted by atomic mass is 10.0. The Morgan fingerprint density at radius 1 is 1.64 bits per heavy atom. The Morgan fingerprint density at radius 2 is 2.18 bits per heavy atom. The second-order valence-corrected chi connectivity index (χ2v) is 3.55. The van der Waals surface area contributed by atoms with Gasteiger partial charge in [-0.25, -0.2) is 0 Å². The molecule has 0 aromatic heterocycles. The molecule has 3 heteroatoms. The summed E-state index contributed by atoms with van der Waals surface area (Å²) in [5.41, 5.74) is -0.189. The van der Waals surface area contributed by atoms with Crippen LogP contribution in [0.4, 0.5) is 0 Å². The minimum Gasteiger partial charge on any atom is -0.378 e. The maximum atomic E-state index is 10.7. The van der Waals surface area contributed by atoms with Crippen molar-refractivity contribution >= 4 is 21.7 Å². The van der Waals surface area contributed by atoms with E-state index in [4.69, 9.17) is 4.74 Å². The van der Waals surface area contributed by atoms with Crippen LogP contribution in [0.1, 0.15) is 26.7 Å². The Kier molecular flexibility index (Phi) is 4.93. The molecule has 1 unspecified atom stereocenters. The molecule has 0 amide bonds. The quantitative estimate of drug-likeness (QED) is 0.667. The van der Waals surface area contributed by atoms with Crippen LogP contribution >= 0.6 is 15.9 Å². The van der Waals surface area contributed by atoms with Gasteiger partial charge in [-0.1, -0.05) is 15.9 Å². The molecule has 0 N–H and O–H groups in total. The van der Waals surface area contributed by atoms with Crippen LogP contribution < -0.4 is 0 Å². The number of hydrogen-bond acceptors (Lipinski definition) is 2. The minimum atomic E-state index is -0.189. The molecule has 0 aliphatic rings. The molecule has 0 radical (unpaired) electrons. The topological polar surface area (TPSA) is 26.3 Å². The number of ketones is 1. The smallest absolute Gasteiger partial charge is 0.129 e. The average Bonchev–Trinajstić information content (AvgIpc) is 2.00. The first-order valence-electron chi connectivity index (χ1n) is 3.64. The third kappa shape index (κ3) is 4.53. The van der Waals surface area contributed by atoms with Crippen LogP contribution in [0.15, 0.2) is 0 Å². The number of carbonyl (C=O) groups excluding carboxylic acids is 1. The van der Waals surface area contributed by atoms with E-state index >= 15 is 0 Å². The molecule has 66 valence electrons. The Labute approximate surface area is 76.4 Å². The molecule has 0 fully saturated rings. The van der Waals surface area contributed by atoms with Gasteiger partial charge in [0.25, 0.3) is 0 Å². The molecule has 0 aromatic rings. The first-order chi connectivity index (χ1) is 5.04. The number of carbonyl (C=O) groups is 1. The van der Waals surface area contributed by atoms with E-state index in [1.807, 2.05) is 6.92 Å². The lowest BCUT2D eigenvalue weighted by Crippen LogP contribution is -2.29. The summed E-state index contributed by atoms with van der Waals surface area (Å²) in [4.78, 5) is 10.7. The second-order valence-electron chi connectivity index (χ2n) is 2.99. The van der Waals surface area contributed by atoms with Gasteiger partial charge in [-0.3, -0.25) is 0 Å². The Bertz CT molecular complexity index is 130. The normalized spacial score (nSPS) is 16.0. The SMILES string of the molecule is COC(C)(CBr)CCC(C)=O. The zero-order chi connectivity index (χ0) is 8.91. The molecule has 11 heavy (non-hydrogen) atoms. The number of methoxy groups -OCH3 is 1.